The molecule has 44 heavy (non-hydrogen) atoms. The lowest BCUT2D eigenvalue weighted by Gasteiger charge is -2.29. The van der Waals surface area contributed by atoms with Gasteiger partial charge in [0.15, 0.2) is 18.2 Å². The first-order valence-corrected chi connectivity index (χ1v) is 15.3. The maximum absolute atomic E-state index is 13.8. The topological polar surface area (TPSA) is 155 Å². The predicted octanol–water partition coefficient (Wildman–Crippen LogP) is 5.75. The van der Waals surface area contributed by atoms with E-state index in [1.807, 2.05) is 26.8 Å². The van der Waals surface area contributed by atoms with Crippen LogP contribution in [0.2, 0.25) is 5.02 Å². The molecule has 1 aromatic carbocycles. The highest BCUT2D eigenvalue weighted by atomic mass is 35.5. The lowest BCUT2D eigenvalue weighted by molar-refractivity contribution is -0.154. The number of benzene rings is 1. The van der Waals surface area contributed by atoms with Gasteiger partial charge in [0.05, 0.1) is 30.4 Å². The summed E-state index contributed by atoms with van der Waals surface area (Å²) in [4.78, 5) is 68.7. The highest BCUT2D eigenvalue weighted by molar-refractivity contribution is 6.31. The fourth-order valence-electron chi connectivity index (χ4n) is 5.43. The molecule has 1 aromatic heterocycles. The SMILES string of the molecule is COc1cc(Cl)cc2[nH]c(C(=O)C[C@@H](CC(C)(C)C)C(=O)N[C@@H](C[C@@H]3CCCCC3=O)C(=O)COC(=O)C(C)(C)C#N)cc12. The summed E-state index contributed by atoms with van der Waals surface area (Å²) < 4.78 is 10.5. The highest BCUT2D eigenvalue weighted by Gasteiger charge is 2.35. The Morgan fingerprint density at radius 2 is 1.84 bits per heavy atom. The fraction of sp³-hybridized carbons (Fsp3) is 0.576. The molecule has 3 atom stereocenters. The molecule has 0 saturated heterocycles. The summed E-state index contributed by atoms with van der Waals surface area (Å²) in [6, 6.07) is 5.72. The van der Waals surface area contributed by atoms with E-state index in [2.05, 4.69) is 10.3 Å². The minimum Gasteiger partial charge on any atom is -0.496 e. The van der Waals surface area contributed by atoms with Gasteiger partial charge in [-0.2, -0.15) is 5.26 Å². The average Bonchev–Trinajstić information content (AvgIpc) is 3.39. The van der Waals surface area contributed by atoms with Crippen molar-refractivity contribution in [1.29, 1.82) is 5.26 Å². The van der Waals surface area contributed by atoms with Crippen LogP contribution in [-0.2, 0) is 23.9 Å². The number of aromatic amines is 1. The van der Waals surface area contributed by atoms with Crippen LogP contribution >= 0.6 is 11.6 Å². The minimum atomic E-state index is -1.45. The van der Waals surface area contributed by atoms with Crippen LogP contribution in [0.15, 0.2) is 18.2 Å². The molecule has 11 heteroatoms. The molecule has 238 valence electrons. The third kappa shape index (κ3) is 9.15. The van der Waals surface area contributed by atoms with Crippen LogP contribution in [0.1, 0.15) is 90.1 Å². The van der Waals surface area contributed by atoms with Crippen LogP contribution in [0.4, 0.5) is 0 Å². The monoisotopic (exact) mass is 627 g/mol. The second-order valence-electron chi connectivity index (χ2n) is 13.3. The van der Waals surface area contributed by atoms with E-state index < -0.39 is 47.6 Å². The number of carbonyl (C=O) groups excluding carboxylic acids is 5. The van der Waals surface area contributed by atoms with Gasteiger partial charge in [0.25, 0.3) is 0 Å². The maximum Gasteiger partial charge on any atom is 0.326 e. The lowest BCUT2D eigenvalue weighted by atomic mass is 9.80. The average molecular weight is 628 g/mol. The largest absolute Gasteiger partial charge is 0.496 e. The van der Waals surface area contributed by atoms with Gasteiger partial charge in [0, 0.05) is 35.1 Å². The molecule has 0 spiro atoms. The van der Waals surface area contributed by atoms with Crippen molar-refractivity contribution < 1.29 is 33.4 Å². The van der Waals surface area contributed by atoms with E-state index in [-0.39, 0.29) is 29.8 Å². The number of methoxy groups -OCH3 is 1. The van der Waals surface area contributed by atoms with Gasteiger partial charge in [0.1, 0.15) is 16.9 Å². The van der Waals surface area contributed by atoms with Crippen molar-refractivity contribution in [3.8, 4) is 11.8 Å². The first-order valence-electron chi connectivity index (χ1n) is 14.9. The van der Waals surface area contributed by atoms with Gasteiger partial charge < -0.3 is 19.8 Å². The van der Waals surface area contributed by atoms with Crippen LogP contribution in [0.3, 0.4) is 0 Å². The number of aromatic nitrogens is 1. The van der Waals surface area contributed by atoms with Crippen molar-refractivity contribution in [2.24, 2.45) is 22.7 Å². The number of hydrogen-bond donors (Lipinski definition) is 2. The Labute approximate surface area is 263 Å². The predicted molar refractivity (Wildman–Crippen MR) is 165 cm³/mol. The molecular formula is C33H42ClN3O7. The van der Waals surface area contributed by atoms with E-state index in [4.69, 9.17) is 21.1 Å². The summed E-state index contributed by atoms with van der Waals surface area (Å²) >= 11 is 6.18. The number of nitriles is 1. The molecule has 0 bridgehead atoms. The van der Waals surface area contributed by atoms with Gasteiger partial charge in [-0.3, -0.25) is 24.0 Å². The zero-order valence-electron chi connectivity index (χ0n) is 26.3. The first-order chi connectivity index (χ1) is 20.5. The molecule has 1 saturated carbocycles. The Bertz CT molecular complexity index is 1460. The van der Waals surface area contributed by atoms with Crippen molar-refractivity contribution in [3.63, 3.8) is 0 Å². The van der Waals surface area contributed by atoms with E-state index in [9.17, 15) is 29.2 Å². The molecule has 0 aliphatic heterocycles. The van der Waals surface area contributed by atoms with Gasteiger partial charge in [-0.15, -0.1) is 0 Å². The second-order valence-corrected chi connectivity index (χ2v) is 13.8. The van der Waals surface area contributed by atoms with Crippen LogP contribution in [0, 0.1) is 34.0 Å². The zero-order chi connectivity index (χ0) is 32.8. The van der Waals surface area contributed by atoms with Gasteiger partial charge in [-0.1, -0.05) is 38.8 Å². The molecule has 1 heterocycles. The Kier molecular flexibility index (Phi) is 11.4. The van der Waals surface area contributed by atoms with E-state index in [1.165, 1.54) is 21.0 Å². The quantitative estimate of drug-likeness (QED) is 0.210. The Hall–Kier alpha value is -3.71. The van der Waals surface area contributed by atoms with Gasteiger partial charge >= 0.3 is 5.97 Å². The number of hydrogen-bond acceptors (Lipinski definition) is 8. The summed E-state index contributed by atoms with van der Waals surface area (Å²) in [5, 5.41) is 13.1. The maximum atomic E-state index is 13.8. The van der Waals surface area contributed by atoms with E-state index in [0.717, 1.165) is 12.8 Å². The summed E-state index contributed by atoms with van der Waals surface area (Å²) in [7, 11) is 1.51. The Morgan fingerprint density at radius 1 is 1.14 bits per heavy atom. The van der Waals surface area contributed by atoms with E-state index in [1.54, 1.807) is 18.2 Å². The van der Waals surface area contributed by atoms with Gasteiger partial charge in [0.2, 0.25) is 5.91 Å². The molecule has 1 amide bonds. The first kappa shape index (κ1) is 34.8. The molecule has 0 radical (unpaired) electrons. The Morgan fingerprint density at radius 3 is 2.45 bits per heavy atom. The number of amides is 1. The normalized spacial score (nSPS) is 17.0. The number of fused-ring (bicyclic) bond motifs is 1. The van der Waals surface area contributed by atoms with Crippen LogP contribution in [0.25, 0.3) is 10.9 Å². The van der Waals surface area contributed by atoms with E-state index in [0.29, 0.717) is 46.6 Å². The summed E-state index contributed by atoms with van der Waals surface area (Å²) in [5.41, 5.74) is -0.878. The molecule has 1 aliphatic carbocycles. The molecule has 2 N–H and O–H groups in total. The summed E-state index contributed by atoms with van der Waals surface area (Å²) in [6.45, 7) is 7.96. The molecule has 1 fully saturated rings. The smallest absolute Gasteiger partial charge is 0.326 e. The molecule has 1 aliphatic rings. The standard InChI is InChI=1S/C33H42ClN3O7/c1-32(2,3)16-20(12-27(39)25-15-22-23(36-25)13-21(34)14-29(22)43-6)30(41)37-24(11-19-9-7-8-10-26(19)38)28(40)17-44-31(42)33(4,5)18-35/h13-15,19-20,24,36H,7-12,16-17H2,1-6H3,(H,37,41)/t19-,20-,24-/m0/s1. The number of H-pyrrole nitrogens is 1. The van der Waals surface area contributed by atoms with Crippen LogP contribution in [-0.4, -0.2) is 54.0 Å². The molecule has 2 aromatic rings. The zero-order valence-corrected chi connectivity index (χ0v) is 27.1. The number of carbonyl (C=O) groups is 5. The van der Waals surface area contributed by atoms with Crippen molar-refractivity contribution >= 4 is 51.7 Å². The summed E-state index contributed by atoms with van der Waals surface area (Å²) in [5.74, 6) is -2.93. The minimum absolute atomic E-state index is 0.0293. The number of esters is 1. The number of halogens is 1. The molecule has 10 nitrogen and oxygen atoms in total. The van der Waals surface area contributed by atoms with Gasteiger partial charge in [-0.25, -0.2) is 0 Å². The lowest BCUT2D eigenvalue weighted by Crippen LogP contribution is -2.48. The van der Waals surface area contributed by atoms with Crippen molar-refractivity contribution in [1.82, 2.24) is 10.3 Å². The third-order valence-electron chi connectivity index (χ3n) is 7.89. The molecule has 0 unspecified atom stereocenters. The third-order valence-corrected chi connectivity index (χ3v) is 8.11. The number of ketones is 3. The van der Waals surface area contributed by atoms with Crippen LogP contribution in [0.5, 0.6) is 5.75 Å². The number of nitrogens with one attached hydrogen (secondary N) is 2. The van der Waals surface area contributed by atoms with Gasteiger partial charge in [-0.05, 0) is 63.1 Å². The second kappa shape index (κ2) is 14.4. The van der Waals surface area contributed by atoms with Crippen molar-refractivity contribution in [3.05, 3.63) is 28.9 Å². The number of Topliss-reactive ketones (excluding diaryl/α,β-unsaturated/α-hetero) is 3. The van der Waals surface area contributed by atoms with Crippen LogP contribution < -0.4 is 10.1 Å². The van der Waals surface area contributed by atoms with Crippen molar-refractivity contribution in [2.45, 2.75) is 85.6 Å². The highest BCUT2D eigenvalue weighted by Crippen LogP contribution is 2.33. The molecule has 3 rings (SSSR count). The summed E-state index contributed by atoms with van der Waals surface area (Å²) in [6.07, 6.45) is 2.89. The molecular weight excluding hydrogens is 586 g/mol. The Balaban J connectivity index is 1.84. The number of rotatable bonds is 13. The number of nitrogens with zero attached hydrogens (tertiary/aromatic N) is 1. The fourth-order valence-corrected chi connectivity index (χ4v) is 5.64. The number of ether oxygens (including phenoxy) is 2. The van der Waals surface area contributed by atoms with Crippen molar-refractivity contribution in [2.75, 3.05) is 13.7 Å². The van der Waals surface area contributed by atoms with E-state index >= 15 is 0 Å².